The van der Waals surface area contributed by atoms with E-state index in [9.17, 15) is 0 Å². The fourth-order valence-corrected chi connectivity index (χ4v) is 0.898. The van der Waals surface area contributed by atoms with E-state index >= 15 is 0 Å². The maximum Gasteiger partial charge on any atom is 0.131 e. The SMILES string of the molecule is CC(O)CNc1cc(=S)nc[nH]1. The molecule has 1 unspecified atom stereocenters. The van der Waals surface area contributed by atoms with Gasteiger partial charge in [0.15, 0.2) is 0 Å². The largest absolute Gasteiger partial charge is 0.392 e. The summed E-state index contributed by atoms with van der Waals surface area (Å²) >= 11 is 4.85. The highest BCUT2D eigenvalue weighted by molar-refractivity contribution is 7.71. The summed E-state index contributed by atoms with van der Waals surface area (Å²) in [6, 6.07) is 1.71. The predicted molar refractivity (Wildman–Crippen MR) is 49.6 cm³/mol. The van der Waals surface area contributed by atoms with Crippen molar-refractivity contribution >= 4 is 18.0 Å². The molecule has 1 heterocycles. The molecule has 0 aliphatic heterocycles. The number of aliphatic hydroxyl groups is 1. The van der Waals surface area contributed by atoms with Crippen LogP contribution in [0.25, 0.3) is 0 Å². The van der Waals surface area contributed by atoms with Crippen LogP contribution in [0.1, 0.15) is 6.92 Å². The Morgan fingerprint density at radius 1 is 1.83 bits per heavy atom. The molecule has 5 heteroatoms. The van der Waals surface area contributed by atoms with Crippen molar-refractivity contribution in [2.45, 2.75) is 13.0 Å². The first kappa shape index (κ1) is 9.15. The lowest BCUT2D eigenvalue weighted by Crippen LogP contribution is -2.15. The highest BCUT2D eigenvalue weighted by atomic mass is 32.1. The molecule has 0 fully saturated rings. The van der Waals surface area contributed by atoms with Crippen molar-refractivity contribution in [3.8, 4) is 0 Å². The van der Waals surface area contributed by atoms with Crippen LogP contribution in [-0.4, -0.2) is 27.7 Å². The van der Waals surface area contributed by atoms with E-state index in [2.05, 4.69) is 15.3 Å². The van der Waals surface area contributed by atoms with Gasteiger partial charge in [0.2, 0.25) is 0 Å². The number of aliphatic hydroxyl groups excluding tert-OH is 1. The average molecular weight is 185 g/mol. The van der Waals surface area contributed by atoms with Gasteiger partial charge in [-0.25, -0.2) is 4.98 Å². The molecule has 0 aliphatic carbocycles. The summed E-state index contributed by atoms with van der Waals surface area (Å²) in [7, 11) is 0. The number of nitrogens with one attached hydrogen (secondary N) is 2. The normalized spacial score (nSPS) is 12.5. The van der Waals surface area contributed by atoms with Crippen molar-refractivity contribution in [3.63, 3.8) is 0 Å². The molecule has 1 atom stereocenters. The quantitative estimate of drug-likeness (QED) is 0.613. The van der Waals surface area contributed by atoms with Gasteiger partial charge in [0, 0.05) is 12.6 Å². The number of aromatic amines is 1. The van der Waals surface area contributed by atoms with Crippen molar-refractivity contribution in [1.29, 1.82) is 0 Å². The standard InChI is InChI=1S/C7H11N3OS/c1-5(11)3-8-6-2-7(12)10-4-9-6/h2,4-5,11H,3H2,1H3,(H2,8,9,10,12). The molecule has 66 valence electrons. The molecule has 0 saturated carbocycles. The van der Waals surface area contributed by atoms with Crippen molar-refractivity contribution in [1.82, 2.24) is 9.97 Å². The minimum atomic E-state index is -0.375. The monoisotopic (exact) mass is 185 g/mol. The van der Waals surface area contributed by atoms with Gasteiger partial charge in [-0.1, -0.05) is 12.2 Å². The minimum absolute atomic E-state index is 0.375. The molecule has 1 aromatic rings. The average Bonchev–Trinajstić information content (AvgIpc) is 2.01. The molecule has 0 spiro atoms. The van der Waals surface area contributed by atoms with Crippen molar-refractivity contribution in [2.24, 2.45) is 0 Å². The van der Waals surface area contributed by atoms with Crippen LogP contribution in [0.2, 0.25) is 0 Å². The van der Waals surface area contributed by atoms with E-state index in [-0.39, 0.29) is 6.10 Å². The fraction of sp³-hybridized carbons (Fsp3) is 0.429. The Morgan fingerprint density at radius 3 is 3.17 bits per heavy atom. The summed E-state index contributed by atoms with van der Waals surface area (Å²) in [5.41, 5.74) is 0. The Kier molecular flexibility index (Phi) is 3.19. The smallest absolute Gasteiger partial charge is 0.131 e. The van der Waals surface area contributed by atoms with Gasteiger partial charge in [0.05, 0.1) is 12.4 Å². The Labute approximate surface area is 75.7 Å². The Bertz CT molecular complexity index is 297. The molecule has 3 N–H and O–H groups in total. The summed E-state index contributed by atoms with van der Waals surface area (Å²) in [6.45, 7) is 2.21. The van der Waals surface area contributed by atoms with Crippen LogP contribution in [0.5, 0.6) is 0 Å². The predicted octanol–water partition coefficient (Wildman–Crippen LogP) is 0.932. The molecular formula is C7H11N3OS. The third kappa shape index (κ3) is 2.98. The van der Waals surface area contributed by atoms with Gasteiger partial charge in [-0.3, -0.25) is 0 Å². The second kappa shape index (κ2) is 4.18. The fourth-order valence-electron chi connectivity index (χ4n) is 0.728. The highest BCUT2D eigenvalue weighted by Crippen LogP contribution is 1.99. The van der Waals surface area contributed by atoms with Gasteiger partial charge in [-0.2, -0.15) is 0 Å². The summed E-state index contributed by atoms with van der Waals surface area (Å²) in [6.07, 6.45) is 1.15. The first-order valence-electron chi connectivity index (χ1n) is 3.65. The van der Waals surface area contributed by atoms with E-state index in [1.807, 2.05) is 0 Å². The van der Waals surface area contributed by atoms with Crippen LogP contribution in [-0.2, 0) is 0 Å². The van der Waals surface area contributed by atoms with E-state index in [1.165, 1.54) is 6.33 Å². The highest BCUT2D eigenvalue weighted by Gasteiger charge is 1.95. The summed E-state index contributed by atoms with van der Waals surface area (Å²) in [5.74, 6) is 0.774. The van der Waals surface area contributed by atoms with Crippen LogP contribution >= 0.6 is 12.2 Å². The lowest BCUT2D eigenvalue weighted by Gasteiger charge is -2.06. The third-order valence-corrected chi connectivity index (χ3v) is 1.49. The first-order valence-corrected chi connectivity index (χ1v) is 4.06. The molecule has 0 bridgehead atoms. The zero-order chi connectivity index (χ0) is 8.97. The van der Waals surface area contributed by atoms with Crippen molar-refractivity contribution in [2.75, 3.05) is 11.9 Å². The number of nitrogens with zero attached hydrogens (tertiary/aromatic N) is 1. The van der Waals surface area contributed by atoms with Gasteiger partial charge in [-0.15, -0.1) is 0 Å². The van der Waals surface area contributed by atoms with Crippen molar-refractivity contribution in [3.05, 3.63) is 17.0 Å². The molecule has 0 aliphatic rings. The van der Waals surface area contributed by atoms with E-state index in [1.54, 1.807) is 13.0 Å². The number of anilines is 1. The van der Waals surface area contributed by atoms with Crippen LogP contribution in [0.3, 0.4) is 0 Å². The van der Waals surface area contributed by atoms with Gasteiger partial charge < -0.3 is 15.4 Å². The molecular weight excluding hydrogens is 174 g/mol. The maximum atomic E-state index is 8.96. The zero-order valence-electron chi connectivity index (χ0n) is 6.74. The lowest BCUT2D eigenvalue weighted by molar-refractivity contribution is 0.208. The third-order valence-electron chi connectivity index (χ3n) is 1.27. The maximum absolute atomic E-state index is 8.96. The molecule has 12 heavy (non-hydrogen) atoms. The Hall–Kier alpha value is -0.940. The second-order valence-electron chi connectivity index (χ2n) is 2.53. The molecule has 0 amide bonds. The van der Waals surface area contributed by atoms with Crippen molar-refractivity contribution < 1.29 is 5.11 Å². The molecule has 1 rings (SSSR count). The summed E-state index contributed by atoms with van der Waals surface area (Å²) in [4.78, 5) is 6.69. The molecule has 0 aromatic carbocycles. The second-order valence-corrected chi connectivity index (χ2v) is 2.95. The summed E-state index contributed by atoms with van der Waals surface area (Å²) < 4.78 is 0.529. The number of rotatable bonds is 3. The molecule has 0 saturated heterocycles. The topological polar surface area (TPSA) is 60.9 Å². The number of H-pyrrole nitrogens is 1. The van der Waals surface area contributed by atoms with Crippen LogP contribution in [0.4, 0.5) is 5.82 Å². The van der Waals surface area contributed by atoms with Crippen LogP contribution < -0.4 is 5.32 Å². The Morgan fingerprint density at radius 2 is 2.58 bits per heavy atom. The summed E-state index contributed by atoms with van der Waals surface area (Å²) in [5, 5.41) is 11.9. The minimum Gasteiger partial charge on any atom is -0.392 e. The van der Waals surface area contributed by atoms with Gasteiger partial charge in [0.25, 0.3) is 0 Å². The van der Waals surface area contributed by atoms with E-state index in [4.69, 9.17) is 17.3 Å². The first-order chi connectivity index (χ1) is 5.68. The number of hydrogen-bond donors (Lipinski definition) is 3. The van der Waals surface area contributed by atoms with Crippen LogP contribution in [0, 0.1) is 4.64 Å². The lowest BCUT2D eigenvalue weighted by atomic mass is 10.4. The van der Waals surface area contributed by atoms with Crippen LogP contribution in [0.15, 0.2) is 12.4 Å². The van der Waals surface area contributed by atoms with Gasteiger partial charge >= 0.3 is 0 Å². The number of aromatic nitrogens is 2. The number of hydrogen-bond acceptors (Lipinski definition) is 4. The van der Waals surface area contributed by atoms with E-state index in [0.717, 1.165) is 5.82 Å². The van der Waals surface area contributed by atoms with E-state index in [0.29, 0.717) is 11.2 Å². The molecule has 1 aromatic heterocycles. The van der Waals surface area contributed by atoms with Gasteiger partial charge in [-0.05, 0) is 6.92 Å². The van der Waals surface area contributed by atoms with E-state index < -0.39 is 0 Å². The van der Waals surface area contributed by atoms with Gasteiger partial charge in [0.1, 0.15) is 10.5 Å². The molecule has 4 nitrogen and oxygen atoms in total. The molecule has 0 radical (unpaired) electrons. The zero-order valence-corrected chi connectivity index (χ0v) is 7.56. The Balaban J connectivity index is 2.58.